The monoisotopic (exact) mass is 255 g/mol. The SMILES string of the molecule is CC(C)NC(C)C(=C=O)C(C)CC(C)OC(C)C. The van der Waals surface area contributed by atoms with Gasteiger partial charge in [-0.2, -0.15) is 0 Å². The van der Waals surface area contributed by atoms with Crippen LogP contribution in [0.4, 0.5) is 0 Å². The minimum absolute atomic E-state index is 0.0729. The van der Waals surface area contributed by atoms with Gasteiger partial charge >= 0.3 is 0 Å². The first-order valence-electron chi connectivity index (χ1n) is 6.94. The molecule has 0 aliphatic carbocycles. The second-order valence-electron chi connectivity index (χ2n) is 5.73. The highest BCUT2D eigenvalue weighted by atomic mass is 16.5. The molecule has 0 amide bonds. The molecule has 0 rings (SSSR count). The van der Waals surface area contributed by atoms with Crippen LogP contribution >= 0.6 is 0 Å². The molecule has 0 aliphatic heterocycles. The zero-order valence-corrected chi connectivity index (χ0v) is 12.9. The molecule has 106 valence electrons. The van der Waals surface area contributed by atoms with E-state index in [9.17, 15) is 4.79 Å². The van der Waals surface area contributed by atoms with Crippen LogP contribution in [0.25, 0.3) is 0 Å². The van der Waals surface area contributed by atoms with Crippen LogP contribution in [0.5, 0.6) is 0 Å². The summed E-state index contributed by atoms with van der Waals surface area (Å²) in [7, 11) is 0. The van der Waals surface area contributed by atoms with Crippen molar-refractivity contribution in [1.29, 1.82) is 0 Å². The zero-order chi connectivity index (χ0) is 14.3. The standard InChI is InChI=1S/C15H29NO2/c1-10(2)16-14(7)15(9-17)12(5)8-13(6)18-11(3)4/h10-14,16H,8H2,1-7H3. The Hall–Kier alpha value is -0.630. The van der Waals surface area contributed by atoms with Gasteiger partial charge in [-0.1, -0.05) is 20.8 Å². The van der Waals surface area contributed by atoms with Gasteiger partial charge in [-0.05, 0) is 40.0 Å². The highest BCUT2D eigenvalue weighted by Gasteiger charge is 2.20. The minimum Gasteiger partial charge on any atom is -0.376 e. The van der Waals surface area contributed by atoms with Crippen molar-refractivity contribution in [2.24, 2.45) is 5.92 Å². The van der Waals surface area contributed by atoms with Crippen LogP contribution in [0.15, 0.2) is 5.57 Å². The molecule has 0 aromatic carbocycles. The lowest BCUT2D eigenvalue weighted by molar-refractivity contribution is 0.00878. The first-order chi connectivity index (χ1) is 8.27. The molecule has 1 N–H and O–H groups in total. The van der Waals surface area contributed by atoms with Crippen molar-refractivity contribution in [2.75, 3.05) is 0 Å². The van der Waals surface area contributed by atoms with E-state index in [4.69, 9.17) is 4.74 Å². The van der Waals surface area contributed by atoms with E-state index in [1.54, 1.807) is 0 Å². The Morgan fingerprint density at radius 2 is 1.67 bits per heavy atom. The van der Waals surface area contributed by atoms with Gasteiger partial charge in [-0.3, -0.25) is 0 Å². The molecule has 0 aromatic rings. The average Bonchev–Trinajstić information content (AvgIpc) is 2.14. The van der Waals surface area contributed by atoms with Crippen LogP contribution < -0.4 is 5.32 Å². The molecule has 18 heavy (non-hydrogen) atoms. The summed E-state index contributed by atoms with van der Waals surface area (Å²) in [5.41, 5.74) is 0.808. The van der Waals surface area contributed by atoms with Crippen LogP contribution in [0.1, 0.15) is 54.9 Å². The van der Waals surface area contributed by atoms with Crippen molar-refractivity contribution in [3.05, 3.63) is 5.57 Å². The van der Waals surface area contributed by atoms with Crippen LogP contribution in [-0.2, 0) is 9.53 Å². The van der Waals surface area contributed by atoms with Crippen LogP contribution in [0, 0.1) is 5.92 Å². The van der Waals surface area contributed by atoms with E-state index in [1.165, 1.54) is 0 Å². The minimum atomic E-state index is 0.0729. The maximum atomic E-state index is 11.1. The first kappa shape index (κ1) is 17.4. The van der Waals surface area contributed by atoms with Gasteiger partial charge in [-0.15, -0.1) is 0 Å². The van der Waals surface area contributed by atoms with Crippen molar-refractivity contribution in [3.63, 3.8) is 0 Å². The normalized spacial score (nSPS) is 16.5. The van der Waals surface area contributed by atoms with Crippen molar-refractivity contribution in [2.45, 2.75) is 79.2 Å². The lowest BCUT2D eigenvalue weighted by atomic mass is 9.91. The maximum Gasteiger partial charge on any atom is 0.125 e. The molecule has 0 fully saturated rings. The van der Waals surface area contributed by atoms with Crippen LogP contribution in [0.2, 0.25) is 0 Å². The summed E-state index contributed by atoms with van der Waals surface area (Å²) in [5, 5.41) is 3.35. The fraction of sp³-hybridized carbons (Fsp3) is 0.867. The van der Waals surface area contributed by atoms with Crippen molar-refractivity contribution >= 4 is 5.94 Å². The number of carbonyl (C=O) groups excluding carboxylic acids is 1. The highest BCUT2D eigenvalue weighted by molar-refractivity contribution is 5.55. The van der Waals surface area contributed by atoms with E-state index < -0.39 is 0 Å². The van der Waals surface area contributed by atoms with Gasteiger partial charge in [0.2, 0.25) is 0 Å². The molecular weight excluding hydrogens is 226 g/mol. The van der Waals surface area contributed by atoms with Gasteiger partial charge in [0.1, 0.15) is 5.94 Å². The Balaban J connectivity index is 4.44. The number of ether oxygens (including phenoxy) is 1. The third-order valence-corrected chi connectivity index (χ3v) is 2.89. The van der Waals surface area contributed by atoms with Crippen LogP contribution in [-0.4, -0.2) is 30.2 Å². The molecule has 0 bridgehead atoms. The fourth-order valence-electron chi connectivity index (χ4n) is 2.35. The predicted molar refractivity (Wildman–Crippen MR) is 76.4 cm³/mol. The number of hydrogen-bond donors (Lipinski definition) is 1. The van der Waals surface area contributed by atoms with Gasteiger partial charge in [0.25, 0.3) is 0 Å². The molecule has 0 aromatic heterocycles. The second-order valence-corrected chi connectivity index (χ2v) is 5.73. The highest BCUT2D eigenvalue weighted by Crippen LogP contribution is 2.20. The van der Waals surface area contributed by atoms with Gasteiger partial charge in [-0.25, -0.2) is 4.79 Å². The molecule has 3 atom stereocenters. The van der Waals surface area contributed by atoms with Gasteiger partial charge in [0.15, 0.2) is 0 Å². The number of hydrogen-bond acceptors (Lipinski definition) is 3. The van der Waals surface area contributed by atoms with Gasteiger partial charge in [0, 0.05) is 17.7 Å². The summed E-state index contributed by atoms with van der Waals surface area (Å²) in [6.07, 6.45) is 1.24. The van der Waals surface area contributed by atoms with E-state index in [2.05, 4.69) is 39.0 Å². The lowest BCUT2D eigenvalue weighted by Gasteiger charge is -2.25. The first-order valence-corrected chi connectivity index (χ1v) is 6.94. The lowest BCUT2D eigenvalue weighted by Crippen LogP contribution is -2.36. The Kier molecular flexibility index (Phi) is 8.17. The third kappa shape index (κ3) is 6.95. The summed E-state index contributed by atoms with van der Waals surface area (Å²) in [5.74, 6) is 2.31. The van der Waals surface area contributed by atoms with E-state index in [1.807, 2.05) is 20.8 Å². The van der Waals surface area contributed by atoms with Crippen molar-refractivity contribution in [3.8, 4) is 0 Å². The second kappa shape index (κ2) is 8.47. The molecule has 0 spiro atoms. The average molecular weight is 255 g/mol. The van der Waals surface area contributed by atoms with Gasteiger partial charge < -0.3 is 10.1 Å². The predicted octanol–water partition coefficient (Wildman–Crippen LogP) is 2.97. The molecule has 0 saturated carbocycles. The number of nitrogens with one attached hydrogen (secondary N) is 1. The Morgan fingerprint density at radius 3 is 2.06 bits per heavy atom. The molecule has 0 aliphatic rings. The van der Waals surface area contributed by atoms with E-state index >= 15 is 0 Å². The smallest absolute Gasteiger partial charge is 0.125 e. The third-order valence-electron chi connectivity index (χ3n) is 2.89. The largest absolute Gasteiger partial charge is 0.376 e. The molecule has 3 unspecified atom stereocenters. The molecule has 0 heterocycles. The van der Waals surface area contributed by atoms with Crippen LogP contribution in [0.3, 0.4) is 0 Å². The molecule has 3 nitrogen and oxygen atoms in total. The van der Waals surface area contributed by atoms with Crippen molar-refractivity contribution < 1.29 is 9.53 Å². The molecule has 0 radical (unpaired) electrons. The summed E-state index contributed by atoms with van der Waals surface area (Å²) in [6, 6.07) is 0.434. The molecule has 0 saturated heterocycles. The van der Waals surface area contributed by atoms with E-state index in [0.29, 0.717) is 6.04 Å². The van der Waals surface area contributed by atoms with Gasteiger partial charge in [0.05, 0.1) is 12.2 Å². The Morgan fingerprint density at radius 1 is 1.11 bits per heavy atom. The quantitative estimate of drug-likeness (QED) is 0.678. The molecular formula is C15H29NO2. The summed E-state index contributed by atoms with van der Waals surface area (Å²) < 4.78 is 5.71. The molecule has 3 heteroatoms. The maximum absolute atomic E-state index is 11.1. The zero-order valence-electron chi connectivity index (χ0n) is 12.9. The summed E-state index contributed by atoms with van der Waals surface area (Å²) in [6.45, 7) is 14.4. The topological polar surface area (TPSA) is 38.3 Å². The summed E-state index contributed by atoms with van der Waals surface area (Å²) in [4.78, 5) is 11.1. The van der Waals surface area contributed by atoms with Crippen molar-refractivity contribution in [1.82, 2.24) is 5.32 Å². The number of rotatable bonds is 8. The van der Waals surface area contributed by atoms with E-state index in [0.717, 1.165) is 12.0 Å². The fourth-order valence-corrected chi connectivity index (χ4v) is 2.35. The summed E-state index contributed by atoms with van der Waals surface area (Å²) >= 11 is 0. The van der Waals surface area contributed by atoms with E-state index in [-0.39, 0.29) is 24.2 Å². The Labute approximate surface area is 112 Å². The Bertz CT molecular complexity index is 280.